The zero-order valence-electron chi connectivity index (χ0n) is 10.7. The van der Waals surface area contributed by atoms with Crippen LogP contribution in [0.5, 0.6) is 0 Å². The lowest BCUT2D eigenvalue weighted by Gasteiger charge is -2.32. The number of carbonyl (C=O) groups is 1. The highest BCUT2D eigenvalue weighted by Crippen LogP contribution is 2.23. The molecule has 1 aliphatic carbocycles. The molecule has 0 heterocycles. The fourth-order valence-electron chi connectivity index (χ4n) is 2.02. The van der Waals surface area contributed by atoms with E-state index in [0.717, 1.165) is 19.3 Å². The Morgan fingerprint density at radius 1 is 1.38 bits per heavy atom. The topological polar surface area (TPSA) is 64.3 Å². The fraction of sp³-hybridized carbons (Fsp3) is 0.917. The number of alkyl carbamates (subject to hydrolysis) is 1. The van der Waals surface area contributed by atoms with Gasteiger partial charge in [-0.15, -0.1) is 0 Å². The van der Waals surface area contributed by atoms with Crippen molar-refractivity contribution in [2.75, 3.05) is 0 Å². The first-order chi connectivity index (χ1) is 7.28. The summed E-state index contributed by atoms with van der Waals surface area (Å²) < 4.78 is 5.22. The van der Waals surface area contributed by atoms with Crippen molar-refractivity contribution in [1.29, 1.82) is 0 Å². The minimum atomic E-state index is -0.430. The van der Waals surface area contributed by atoms with Gasteiger partial charge in [0.15, 0.2) is 0 Å². The quantitative estimate of drug-likeness (QED) is 0.721. The Kier molecular flexibility index (Phi) is 4.19. The Labute approximate surface area is 97.9 Å². The van der Waals surface area contributed by atoms with Gasteiger partial charge in [-0.05, 0) is 46.0 Å². The lowest BCUT2D eigenvalue weighted by atomic mass is 9.83. The largest absolute Gasteiger partial charge is 0.444 e. The molecule has 0 aliphatic heterocycles. The third kappa shape index (κ3) is 4.39. The first kappa shape index (κ1) is 13.3. The second-order valence-corrected chi connectivity index (χ2v) is 5.80. The lowest BCUT2D eigenvalue weighted by molar-refractivity contribution is 0.0483. The van der Waals surface area contributed by atoms with Gasteiger partial charge in [0.25, 0.3) is 0 Å². The van der Waals surface area contributed by atoms with Crippen LogP contribution in [-0.4, -0.2) is 23.8 Å². The zero-order valence-corrected chi connectivity index (χ0v) is 10.7. The molecule has 4 nitrogen and oxygen atoms in total. The molecule has 94 valence electrons. The second-order valence-electron chi connectivity index (χ2n) is 5.80. The molecule has 0 aromatic heterocycles. The van der Waals surface area contributed by atoms with E-state index >= 15 is 0 Å². The third-order valence-corrected chi connectivity index (χ3v) is 2.96. The van der Waals surface area contributed by atoms with Crippen molar-refractivity contribution < 1.29 is 9.53 Å². The molecule has 3 atom stereocenters. The van der Waals surface area contributed by atoms with Crippen LogP contribution in [0.25, 0.3) is 0 Å². The molecule has 1 fully saturated rings. The number of amides is 1. The molecule has 0 saturated heterocycles. The maximum atomic E-state index is 11.6. The van der Waals surface area contributed by atoms with Crippen molar-refractivity contribution in [3.63, 3.8) is 0 Å². The molecule has 0 bridgehead atoms. The van der Waals surface area contributed by atoms with Crippen molar-refractivity contribution in [2.45, 2.75) is 64.6 Å². The van der Waals surface area contributed by atoms with E-state index in [4.69, 9.17) is 10.5 Å². The number of hydrogen-bond acceptors (Lipinski definition) is 3. The van der Waals surface area contributed by atoms with Gasteiger partial charge in [-0.2, -0.15) is 0 Å². The van der Waals surface area contributed by atoms with E-state index in [1.165, 1.54) is 0 Å². The Balaban J connectivity index is 2.35. The van der Waals surface area contributed by atoms with Gasteiger partial charge in [-0.1, -0.05) is 6.92 Å². The summed E-state index contributed by atoms with van der Waals surface area (Å²) in [6.45, 7) is 7.73. The number of ether oxygens (including phenoxy) is 1. The molecule has 0 unspecified atom stereocenters. The zero-order chi connectivity index (χ0) is 12.3. The van der Waals surface area contributed by atoms with E-state index in [-0.39, 0.29) is 18.2 Å². The average molecular weight is 228 g/mol. The highest BCUT2D eigenvalue weighted by atomic mass is 16.6. The molecule has 0 radical (unpaired) electrons. The molecule has 1 rings (SSSR count). The second kappa shape index (κ2) is 5.04. The van der Waals surface area contributed by atoms with Gasteiger partial charge in [-0.25, -0.2) is 4.79 Å². The normalized spacial score (nSPS) is 30.9. The molecular formula is C12H24N2O2. The Morgan fingerprint density at radius 3 is 2.50 bits per heavy atom. The third-order valence-electron chi connectivity index (χ3n) is 2.96. The van der Waals surface area contributed by atoms with E-state index < -0.39 is 5.60 Å². The van der Waals surface area contributed by atoms with E-state index in [1.54, 1.807) is 0 Å². The number of nitrogens with one attached hydrogen (secondary N) is 1. The van der Waals surface area contributed by atoms with Gasteiger partial charge in [-0.3, -0.25) is 0 Å². The van der Waals surface area contributed by atoms with Crippen LogP contribution in [0.15, 0.2) is 0 Å². The molecule has 1 aliphatic rings. The predicted molar refractivity (Wildman–Crippen MR) is 64.1 cm³/mol. The van der Waals surface area contributed by atoms with Crippen LogP contribution in [0.3, 0.4) is 0 Å². The minimum absolute atomic E-state index is 0.213. The molecule has 1 saturated carbocycles. The molecule has 0 spiro atoms. The fourth-order valence-corrected chi connectivity index (χ4v) is 2.02. The molecular weight excluding hydrogens is 204 g/mol. The highest BCUT2D eigenvalue weighted by Gasteiger charge is 2.27. The van der Waals surface area contributed by atoms with Gasteiger partial charge in [0.1, 0.15) is 5.60 Å². The van der Waals surface area contributed by atoms with Gasteiger partial charge in [0.2, 0.25) is 0 Å². The van der Waals surface area contributed by atoms with Gasteiger partial charge in [0, 0.05) is 12.1 Å². The summed E-state index contributed by atoms with van der Waals surface area (Å²) in [4.78, 5) is 11.6. The number of carbonyl (C=O) groups excluding carboxylic acids is 1. The molecule has 4 heteroatoms. The van der Waals surface area contributed by atoms with Crippen molar-refractivity contribution in [2.24, 2.45) is 11.7 Å². The maximum Gasteiger partial charge on any atom is 0.407 e. The Hall–Kier alpha value is -0.770. The van der Waals surface area contributed by atoms with Gasteiger partial charge >= 0.3 is 6.09 Å². The van der Waals surface area contributed by atoms with Crippen LogP contribution in [-0.2, 0) is 4.74 Å². The predicted octanol–water partition coefficient (Wildman–Crippen LogP) is 2.03. The highest BCUT2D eigenvalue weighted by molar-refractivity contribution is 5.68. The Morgan fingerprint density at radius 2 is 2.00 bits per heavy atom. The minimum Gasteiger partial charge on any atom is -0.444 e. The van der Waals surface area contributed by atoms with E-state index in [2.05, 4.69) is 12.2 Å². The van der Waals surface area contributed by atoms with E-state index in [1.807, 2.05) is 20.8 Å². The van der Waals surface area contributed by atoms with E-state index in [0.29, 0.717) is 5.92 Å². The molecule has 1 amide bonds. The number of nitrogens with two attached hydrogens (primary N) is 1. The van der Waals surface area contributed by atoms with E-state index in [9.17, 15) is 4.79 Å². The summed E-state index contributed by atoms with van der Waals surface area (Å²) in [5.74, 6) is 0.466. The van der Waals surface area contributed by atoms with Crippen molar-refractivity contribution in [3.05, 3.63) is 0 Å². The summed E-state index contributed by atoms with van der Waals surface area (Å²) in [6.07, 6.45) is 2.55. The summed E-state index contributed by atoms with van der Waals surface area (Å²) in [5, 5.41) is 2.91. The van der Waals surface area contributed by atoms with Crippen LogP contribution in [0.2, 0.25) is 0 Å². The lowest BCUT2D eigenvalue weighted by Crippen LogP contribution is -2.45. The molecule has 16 heavy (non-hydrogen) atoms. The van der Waals surface area contributed by atoms with Crippen LogP contribution in [0, 0.1) is 5.92 Å². The SMILES string of the molecule is C[C@H]1C[C@@H](NC(=O)OC(C)(C)C)CC[C@H]1N. The van der Waals surface area contributed by atoms with Crippen LogP contribution in [0.4, 0.5) is 4.79 Å². The summed E-state index contributed by atoms with van der Waals surface area (Å²) >= 11 is 0. The van der Waals surface area contributed by atoms with Crippen molar-refractivity contribution in [3.8, 4) is 0 Å². The number of rotatable bonds is 1. The molecule has 0 aromatic carbocycles. The van der Waals surface area contributed by atoms with Crippen molar-refractivity contribution >= 4 is 6.09 Å². The summed E-state index contributed by atoms with van der Waals surface area (Å²) in [5.41, 5.74) is 5.50. The molecule has 0 aromatic rings. The maximum absolute atomic E-state index is 11.6. The van der Waals surface area contributed by atoms with Gasteiger partial charge < -0.3 is 15.8 Å². The first-order valence-corrected chi connectivity index (χ1v) is 6.03. The van der Waals surface area contributed by atoms with Crippen LogP contribution < -0.4 is 11.1 Å². The first-order valence-electron chi connectivity index (χ1n) is 6.03. The smallest absolute Gasteiger partial charge is 0.407 e. The molecule has 3 N–H and O–H groups in total. The Bertz CT molecular complexity index is 248. The van der Waals surface area contributed by atoms with Crippen LogP contribution >= 0.6 is 0 Å². The monoisotopic (exact) mass is 228 g/mol. The standard InChI is InChI=1S/C12H24N2O2/c1-8-7-9(5-6-10(8)13)14-11(15)16-12(2,3)4/h8-10H,5-7,13H2,1-4H3,(H,14,15)/t8-,9-,10+/m0/s1. The van der Waals surface area contributed by atoms with Crippen LogP contribution in [0.1, 0.15) is 47.0 Å². The summed E-state index contributed by atoms with van der Waals surface area (Å²) in [7, 11) is 0. The summed E-state index contributed by atoms with van der Waals surface area (Å²) in [6, 6.07) is 0.487. The van der Waals surface area contributed by atoms with Crippen molar-refractivity contribution in [1.82, 2.24) is 5.32 Å². The van der Waals surface area contributed by atoms with Gasteiger partial charge in [0.05, 0.1) is 0 Å². The average Bonchev–Trinajstić information content (AvgIpc) is 2.08. The number of hydrogen-bond donors (Lipinski definition) is 2.